The Morgan fingerprint density at radius 3 is 2.52 bits per heavy atom. The van der Waals surface area contributed by atoms with Crippen molar-refractivity contribution in [3.8, 4) is 0 Å². The number of hydrogen-bond donors (Lipinski definition) is 0. The molecule has 0 bridgehead atoms. The van der Waals surface area contributed by atoms with Crippen molar-refractivity contribution >= 4 is 23.1 Å². The zero-order valence-electron chi connectivity index (χ0n) is 12.9. The highest BCUT2D eigenvalue weighted by Gasteiger charge is 2.21. The smallest absolute Gasteiger partial charge is 0.0739 e. The second kappa shape index (κ2) is 8.92. The van der Waals surface area contributed by atoms with Crippen LogP contribution in [0.2, 0.25) is 0 Å². The third-order valence-electron chi connectivity index (χ3n) is 4.60. The van der Waals surface area contributed by atoms with Crippen LogP contribution >= 0.6 is 12.2 Å². The van der Waals surface area contributed by atoms with E-state index in [9.17, 15) is 0 Å². The summed E-state index contributed by atoms with van der Waals surface area (Å²) in [5.74, 6) is 1.69. The Labute approximate surface area is 134 Å². The van der Waals surface area contributed by atoms with Gasteiger partial charge in [0.25, 0.3) is 0 Å². The van der Waals surface area contributed by atoms with Crippen molar-refractivity contribution in [2.45, 2.75) is 57.8 Å². The van der Waals surface area contributed by atoms with E-state index in [0.29, 0.717) is 0 Å². The molecule has 112 valence electrons. The summed E-state index contributed by atoms with van der Waals surface area (Å²) in [6, 6.07) is 8.53. The van der Waals surface area contributed by atoms with Crippen molar-refractivity contribution in [2.24, 2.45) is 10.9 Å². The summed E-state index contributed by atoms with van der Waals surface area (Å²) in [6.07, 6.45) is 13.9. The second-order valence-corrected chi connectivity index (χ2v) is 6.19. The van der Waals surface area contributed by atoms with Crippen molar-refractivity contribution in [3.63, 3.8) is 0 Å². The van der Waals surface area contributed by atoms with Crippen LogP contribution in [0, 0.1) is 5.92 Å². The zero-order valence-corrected chi connectivity index (χ0v) is 13.7. The minimum Gasteiger partial charge on any atom is -0.195 e. The maximum absolute atomic E-state index is 4.64. The lowest BCUT2D eigenvalue weighted by molar-refractivity contribution is 0.305. The molecule has 1 aromatic carbocycles. The molecule has 0 spiro atoms. The molecule has 0 aromatic heterocycles. The van der Waals surface area contributed by atoms with Crippen LogP contribution in [0.4, 0.5) is 5.69 Å². The number of rotatable bonds is 6. The van der Waals surface area contributed by atoms with E-state index in [0.717, 1.165) is 17.5 Å². The van der Waals surface area contributed by atoms with Gasteiger partial charge in [-0.25, -0.2) is 0 Å². The molecular formula is C19H25NS. The fourth-order valence-electron chi connectivity index (χ4n) is 3.35. The van der Waals surface area contributed by atoms with E-state index >= 15 is 0 Å². The van der Waals surface area contributed by atoms with Gasteiger partial charge >= 0.3 is 0 Å². The number of unbranched alkanes of at least 4 members (excludes halogenated alkanes) is 1. The Hall–Kier alpha value is -1.24. The molecule has 0 saturated heterocycles. The Morgan fingerprint density at radius 2 is 1.90 bits per heavy atom. The van der Waals surface area contributed by atoms with E-state index in [1.54, 1.807) is 0 Å². The summed E-state index contributed by atoms with van der Waals surface area (Å²) in [5.41, 5.74) is 2.37. The monoisotopic (exact) mass is 299 g/mol. The maximum Gasteiger partial charge on any atom is 0.0739 e. The predicted octanol–water partition coefficient (Wildman–Crippen LogP) is 6.44. The number of nitrogens with zero attached hydrogens (tertiary/aromatic N) is 1. The van der Waals surface area contributed by atoms with E-state index in [-0.39, 0.29) is 0 Å². The summed E-state index contributed by atoms with van der Waals surface area (Å²) in [7, 11) is 0. The van der Waals surface area contributed by atoms with Crippen molar-refractivity contribution in [3.05, 3.63) is 42.0 Å². The van der Waals surface area contributed by atoms with Crippen molar-refractivity contribution in [2.75, 3.05) is 0 Å². The third kappa shape index (κ3) is 5.22. The van der Waals surface area contributed by atoms with Crippen LogP contribution in [0.15, 0.2) is 41.4 Å². The zero-order chi connectivity index (χ0) is 14.9. The third-order valence-corrected chi connectivity index (χ3v) is 4.70. The van der Waals surface area contributed by atoms with Crippen LogP contribution in [-0.2, 0) is 0 Å². The Morgan fingerprint density at radius 1 is 1.19 bits per heavy atom. The van der Waals surface area contributed by atoms with Gasteiger partial charge in [0.2, 0.25) is 0 Å². The van der Waals surface area contributed by atoms with Crippen molar-refractivity contribution < 1.29 is 0 Å². The molecule has 1 fully saturated rings. The lowest BCUT2D eigenvalue weighted by atomic mass is 9.77. The lowest BCUT2D eigenvalue weighted by Crippen LogP contribution is -2.13. The molecule has 0 unspecified atom stereocenters. The molecule has 2 rings (SSSR count). The van der Waals surface area contributed by atoms with Gasteiger partial charge < -0.3 is 0 Å². The first-order chi connectivity index (χ1) is 10.3. The lowest BCUT2D eigenvalue weighted by Gasteiger charge is -2.28. The minimum absolute atomic E-state index is 0.738. The largest absolute Gasteiger partial charge is 0.195 e. The first-order valence-electron chi connectivity index (χ1n) is 8.12. The van der Waals surface area contributed by atoms with Crippen LogP contribution in [0.25, 0.3) is 0 Å². The Balaban J connectivity index is 1.79. The average molecular weight is 299 g/mol. The standard InChI is InChI=1S/C19H25NS/c1-2-3-4-5-6-16-7-9-17(10-8-16)18-11-13-19(14-12-18)20-15-21/h2-3,11-14,16-17H,4-10H2,1H3/b3-2-/t16-,17-. The highest BCUT2D eigenvalue weighted by Crippen LogP contribution is 2.38. The highest BCUT2D eigenvalue weighted by atomic mass is 32.1. The number of aliphatic imine (C=N–C) groups is 1. The number of hydrogen-bond acceptors (Lipinski definition) is 2. The Kier molecular flexibility index (Phi) is 6.85. The van der Waals surface area contributed by atoms with Gasteiger partial charge in [0, 0.05) is 0 Å². The topological polar surface area (TPSA) is 12.4 Å². The van der Waals surface area contributed by atoms with E-state index in [2.05, 4.69) is 65.7 Å². The maximum atomic E-state index is 4.64. The summed E-state index contributed by atoms with van der Waals surface area (Å²) >= 11 is 4.64. The fourth-order valence-corrected chi connectivity index (χ4v) is 3.45. The first kappa shape index (κ1) is 16.1. The van der Waals surface area contributed by atoms with E-state index < -0.39 is 0 Å². The molecule has 1 aliphatic carbocycles. The molecule has 0 radical (unpaired) electrons. The summed E-state index contributed by atoms with van der Waals surface area (Å²) in [4.78, 5) is 4.01. The molecule has 0 N–H and O–H groups in total. The van der Waals surface area contributed by atoms with Gasteiger partial charge in [0.15, 0.2) is 0 Å². The van der Waals surface area contributed by atoms with Crippen LogP contribution in [0.1, 0.15) is 63.4 Å². The van der Waals surface area contributed by atoms with E-state index in [1.807, 2.05) is 0 Å². The SMILES string of the molecule is C/C=C\CCC[C@H]1CC[C@H](c2ccc(N=C=S)cc2)CC1. The quantitative estimate of drug-likeness (QED) is 0.255. The van der Waals surface area contributed by atoms with Gasteiger partial charge in [-0.15, -0.1) is 0 Å². The molecule has 21 heavy (non-hydrogen) atoms. The van der Waals surface area contributed by atoms with E-state index in [4.69, 9.17) is 0 Å². The van der Waals surface area contributed by atoms with Gasteiger partial charge in [-0.05, 0) is 87.2 Å². The van der Waals surface area contributed by atoms with Crippen molar-refractivity contribution in [1.82, 2.24) is 0 Å². The van der Waals surface area contributed by atoms with Crippen LogP contribution in [-0.4, -0.2) is 5.16 Å². The fraction of sp³-hybridized carbons (Fsp3) is 0.526. The predicted molar refractivity (Wildman–Crippen MR) is 94.5 cm³/mol. The molecule has 0 amide bonds. The molecular weight excluding hydrogens is 274 g/mol. The van der Waals surface area contributed by atoms with Gasteiger partial charge in [-0.3, -0.25) is 0 Å². The number of benzene rings is 1. The summed E-state index contributed by atoms with van der Waals surface area (Å²) in [5, 5.41) is 2.42. The molecule has 0 atom stereocenters. The molecule has 1 nitrogen and oxygen atoms in total. The van der Waals surface area contributed by atoms with Crippen molar-refractivity contribution in [1.29, 1.82) is 0 Å². The molecule has 1 aliphatic rings. The number of thiocarbonyl (C=S) groups is 1. The normalized spacial score (nSPS) is 22.1. The average Bonchev–Trinajstić information content (AvgIpc) is 2.53. The molecule has 0 aliphatic heterocycles. The van der Waals surface area contributed by atoms with E-state index in [1.165, 1.54) is 50.5 Å². The first-order valence-corrected chi connectivity index (χ1v) is 8.53. The number of allylic oxidation sites excluding steroid dienone is 2. The van der Waals surface area contributed by atoms with Gasteiger partial charge in [0.1, 0.15) is 0 Å². The van der Waals surface area contributed by atoms with Gasteiger partial charge in [-0.1, -0.05) is 30.7 Å². The highest BCUT2D eigenvalue weighted by molar-refractivity contribution is 7.78. The number of isothiocyanates is 1. The van der Waals surface area contributed by atoms with Crippen LogP contribution in [0.5, 0.6) is 0 Å². The van der Waals surface area contributed by atoms with Gasteiger partial charge in [-0.2, -0.15) is 4.99 Å². The van der Waals surface area contributed by atoms with Gasteiger partial charge in [0.05, 0.1) is 10.8 Å². The molecule has 0 heterocycles. The molecule has 2 heteroatoms. The molecule has 1 aromatic rings. The Bertz CT molecular complexity index is 489. The minimum atomic E-state index is 0.738. The van der Waals surface area contributed by atoms with Crippen LogP contribution < -0.4 is 0 Å². The second-order valence-electron chi connectivity index (χ2n) is 6.01. The molecule has 1 saturated carbocycles. The summed E-state index contributed by atoms with van der Waals surface area (Å²) in [6.45, 7) is 2.11. The summed E-state index contributed by atoms with van der Waals surface area (Å²) < 4.78 is 0. The van der Waals surface area contributed by atoms with Crippen LogP contribution in [0.3, 0.4) is 0 Å².